The lowest BCUT2D eigenvalue weighted by Gasteiger charge is -2.34. The molecular formula is C21H46O3Si4. The van der Waals surface area contributed by atoms with E-state index in [9.17, 15) is 4.79 Å². The molecule has 164 valence electrons. The van der Waals surface area contributed by atoms with E-state index < -0.39 is 38.5 Å². The van der Waals surface area contributed by atoms with Crippen LogP contribution < -0.4 is 0 Å². The van der Waals surface area contributed by atoms with Crippen LogP contribution in [0.3, 0.4) is 0 Å². The molecule has 0 heterocycles. The minimum absolute atomic E-state index is 0.485. The summed E-state index contributed by atoms with van der Waals surface area (Å²) in [7, 11) is -6.03. The number of hydrogen-bond donors (Lipinski definition) is 0. The number of carbonyl (C=O) groups is 1. The maximum atomic E-state index is 12.2. The highest BCUT2D eigenvalue weighted by Crippen LogP contribution is 2.33. The van der Waals surface area contributed by atoms with E-state index in [1.165, 1.54) is 12.1 Å². The van der Waals surface area contributed by atoms with Crippen molar-refractivity contribution in [2.24, 2.45) is 0 Å². The van der Waals surface area contributed by atoms with Gasteiger partial charge in [-0.25, -0.2) is 4.79 Å². The maximum absolute atomic E-state index is 12.2. The predicted molar refractivity (Wildman–Crippen MR) is 136 cm³/mol. The molecule has 0 spiro atoms. The molecule has 0 N–H and O–H groups in total. The van der Waals surface area contributed by atoms with Crippen LogP contribution in [0.5, 0.6) is 0 Å². The van der Waals surface area contributed by atoms with Gasteiger partial charge in [-0.2, -0.15) is 0 Å². The van der Waals surface area contributed by atoms with Crippen LogP contribution >= 0.6 is 0 Å². The normalized spacial score (nSPS) is 15.5. The van der Waals surface area contributed by atoms with Crippen LogP contribution in [0, 0.1) is 0 Å². The van der Waals surface area contributed by atoms with Gasteiger partial charge in [0.25, 0.3) is 0 Å². The Labute approximate surface area is 179 Å². The largest absolute Gasteiger partial charge is 0.507 e. The smallest absolute Gasteiger partial charge is 0.438 e. The summed E-state index contributed by atoms with van der Waals surface area (Å²) in [5.41, 5.74) is 5.51. The SMILES string of the molecule is C=C[Si](C)(C)CC(C)[Si](C)(C)COC(=O)OC[Si](C)(C)C(C)C[Si](C)(C)C=C. The molecule has 28 heavy (non-hydrogen) atoms. The molecule has 7 heteroatoms. The second kappa shape index (κ2) is 10.6. The average molecular weight is 459 g/mol. The molecule has 0 aliphatic carbocycles. The first-order valence-corrected chi connectivity index (χ1v) is 23.7. The summed E-state index contributed by atoms with van der Waals surface area (Å²) in [6.45, 7) is 31.2. The van der Waals surface area contributed by atoms with Crippen molar-refractivity contribution in [3.63, 3.8) is 0 Å². The van der Waals surface area contributed by atoms with Crippen molar-refractivity contribution in [1.82, 2.24) is 0 Å². The van der Waals surface area contributed by atoms with Crippen LogP contribution in [0.15, 0.2) is 24.6 Å². The molecule has 0 fully saturated rings. The van der Waals surface area contributed by atoms with Crippen LogP contribution in [0.1, 0.15) is 13.8 Å². The van der Waals surface area contributed by atoms with E-state index in [4.69, 9.17) is 9.47 Å². The lowest BCUT2D eigenvalue weighted by molar-refractivity contribution is 0.0773. The van der Waals surface area contributed by atoms with Gasteiger partial charge >= 0.3 is 6.16 Å². The van der Waals surface area contributed by atoms with Crippen molar-refractivity contribution in [2.75, 3.05) is 12.5 Å². The Morgan fingerprint density at radius 3 is 1.29 bits per heavy atom. The highest BCUT2D eigenvalue weighted by Gasteiger charge is 2.36. The zero-order chi connectivity index (χ0) is 22.4. The van der Waals surface area contributed by atoms with Crippen molar-refractivity contribution in [3.8, 4) is 0 Å². The van der Waals surface area contributed by atoms with Crippen molar-refractivity contribution >= 4 is 38.5 Å². The van der Waals surface area contributed by atoms with E-state index in [1.807, 2.05) is 0 Å². The summed E-state index contributed by atoms with van der Waals surface area (Å²) >= 11 is 0. The van der Waals surface area contributed by atoms with Crippen LogP contribution in [-0.2, 0) is 9.47 Å². The minimum atomic E-state index is -1.66. The zero-order valence-corrected chi connectivity index (χ0v) is 24.3. The molecule has 0 amide bonds. The van der Waals surface area contributed by atoms with Gasteiger partial charge in [0.1, 0.15) is 0 Å². The molecule has 3 nitrogen and oxygen atoms in total. The van der Waals surface area contributed by atoms with Crippen molar-refractivity contribution < 1.29 is 14.3 Å². The summed E-state index contributed by atoms with van der Waals surface area (Å²) in [5.74, 6) is 0. The van der Waals surface area contributed by atoms with Crippen LogP contribution in [-0.4, -0.2) is 50.9 Å². The van der Waals surface area contributed by atoms with Gasteiger partial charge in [0.05, 0.1) is 44.8 Å². The molecule has 0 aromatic rings. The molecule has 0 aromatic heterocycles. The van der Waals surface area contributed by atoms with Gasteiger partial charge in [0.15, 0.2) is 0 Å². The Morgan fingerprint density at radius 1 is 0.750 bits per heavy atom. The van der Waals surface area contributed by atoms with Crippen molar-refractivity contribution in [2.45, 2.75) is 89.4 Å². The fourth-order valence-electron chi connectivity index (χ4n) is 3.11. The third-order valence-electron chi connectivity index (χ3n) is 6.56. The zero-order valence-electron chi connectivity index (χ0n) is 20.3. The van der Waals surface area contributed by atoms with E-state index >= 15 is 0 Å². The summed E-state index contributed by atoms with van der Waals surface area (Å²) in [6.07, 6.45) is 0.575. The van der Waals surface area contributed by atoms with Gasteiger partial charge in [0, 0.05) is 0 Å². The maximum Gasteiger partial charge on any atom is 0.507 e. The number of carbonyl (C=O) groups excluding carboxylic acids is 1. The van der Waals surface area contributed by atoms with Gasteiger partial charge in [0.2, 0.25) is 0 Å². The molecule has 0 bridgehead atoms. The molecular weight excluding hydrogens is 413 g/mol. The third-order valence-corrected chi connectivity index (χ3v) is 20.4. The van der Waals surface area contributed by atoms with Crippen LogP contribution in [0.25, 0.3) is 0 Å². The highest BCUT2D eigenvalue weighted by atomic mass is 28.3. The molecule has 0 saturated carbocycles. The topological polar surface area (TPSA) is 35.5 Å². The molecule has 0 rings (SSSR count). The fourth-order valence-corrected chi connectivity index (χ4v) is 15.7. The quantitative estimate of drug-likeness (QED) is 0.227. The van der Waals surface area contributed by atoms with E-state index in [1.54, 1.807) is 0 Å². The Morgan fingerprint density at radius 2 is 1.04 bits per heavy atom. The number of hydrogen-bond acceptors (Lipinski definition) is 3. The summed E-state index contributed by atoms with van der Waals surface area (Å²) in [5, 5.41) is 0. The van der Waals surface area contributed by atoms with E-state index in [0.29, 0.717) is 23.5 Å². The summed E-state index contributed by atoms with van der Waals surface area (Å²) in [6, 6.07) is 2.41. The first-order chi connectivity index (χ1) is 12.5. The Kier molecular flexibility index (Phi) is 10.4. The Balaban J connectivity index is 4.61. The molecule has 0 aliphatic heterocycles. The van der Waals surface area contributed by atoms with Crippen molar-refractivity contribution in [1.29, 1.82) is 0 Å². The molecule has 0 radical (unpaired) electrons. The van der Waals surface area contributed by atoms with E-state index in [-0.39, 0.29) is 0 Å². The Bertz CT molecular complexity index is 496. The van der Waals surface area contributed by atoms with Crippen molar-refractivity contribution in [3.05, 3.63) is 24.6 Å². The summed E-state index contributed by atoms with van der Waals surface area (Å²) < 4.78 is 11.2. The van der Waals surface area contributed by atoms with Gasteiger partial charge in [-0.3, -0.25) is 0 Å². The standard InChI is InChI=1S/C21H46O3Si4/c1-13-25(5,6)15-19(3)27(9,10)17-23-21(22)24-18-28(11,12)20(4)16-26(7,8)14-2/h13-14,19-20H,1-2,15-18H2,3-12H3. The lowest BCUT2D eigenvalue weighted by Crippen LogP contribution is -2.43. The monoisotopic (exact) mass is 458 g/mol. The number of ether oxygens (including phenoxy) is 2. The van der Waals surface area contributed by atoms with Crippen LogP contribution in [0.2, 0.25) is 75.5 Å². The van der Waals surface area contributed by atoms with E-state index in [2.05, 4.69) is 90.8 Å². The van der Waals surface area contributed by atoms with Crippen LogP contribution in [0.4, 0.5) is 4.79 Å². The molecule has 0 aliphatic rings. The fraction of sp³-hybridized carbons (Fsp3) is 0.762. The van der Waals surface area contributed by atoms with Gasteiger partial charge in [-0.05, 0) is 11.1 Å². The Hall–Kier alpha value is -0.382. The molecule has 2 atom stereocenters. The van der Waals surface area contributed by atoms with E-state index in [0.717, 1.165) is 0 Å². The third kappa shape index (κ3) is 9.89. The second-order valence-corrected chi connectivity index (χ2v) is 31.5. The average Bonchev–Trinajstić information content (AvgIpc) is 2.57. The minimum Gasteiger partial charge on any atom is -0.438 e. The molecule has 0 aromatic carbocycles. The number of rotatable bonds is 12. The first kappa shape index (κ1) is 27.6. The van der Waals surface area contributed by atoms with Gasteiger partial charge < -0.3 is 9.47 Å². The second-order valence-electron chi connectivity index (χ2n) is 11.4. The molecule has 2 unspecified atom stereocenters. The molecule has 0 saturated heterocycles. The lowest BCUT2D eigenvalue weighted by atomic mass is 10.5. The summed E-state index contributed by atoms with van der Waals surface area (Å²) in [4.78, 5) is 12.2. The van der Waals surface area contributed by atoms with Gasteiger partial charge in [-0.1, -0.05) is 78.3 Å². The highest BCUT2D eigenvalue weighted by molar-refractivity contribution is 6.86. The first-order valence-electron chi connectivity index (χ1n) is 10.5. The van der Waals surface area contributed by atoms with Gasteiger partial charge in [-0.15, -0.1) is 24.6 Å². The predicted octanol–water partition coefficient (Wildman–Crippen LogP) is 7.28.